The molecule has 214 valence electrons. The topological polar surface area (TPSA) is 46.9 Å². The number of hydrogen-bond donors (Lipinski definition) is 2. The van der Waals surface area contributed by atoms with Crippen LogP contribution in [0.4, 0.5) is 8.78 Å². The van der Waals surface area contributed by atoms with Crippen molar-refractivity contribution in [2.75, 3.05) is 32.7 Å². The Labute approximate surface area is 233 Å². The summed E-state index contributed by atoms with van der Waals surface area (Å²) in [5.41, 5.74) is 2.52. The molecule has 5 rings (SSSR count). The van der Waals surface area contributed by atoms with E-state index in [2.05, 4.69) is 41.0 Å². The minimum Gasteiger partial charge on any atom is -0.367 e. The Balaban J connectivity index is 1.18. The summed E-state index contributed by atoms with van der Waals surface area (Å²) in [5, 5.41) is 20.6. The average Bonchev–Trinajstić information content (AvgIpc) is 3.29. The van der Waals surface area contributed by atoms with Crippen molar-refractivity contribution in [3.63, 3.8) is 0 Å². The molecule has 6 heteroatoms. The second-order valence-corrected chi connectivity index (χ2v) is 12.7. The normalized spacial score (nSPS) is 25.2. The summed E-state index contributed by atoms with van der Waals surface area (Å²) in [6.45, 7) is 6.26. The van der Waals surface area contributed by atoms with Crippen molar-refractivity contribution in [2.24, 2.45) is 11.8 Å². The molecule has 0 radical (unpaired) electrons. The van der Waals surface area contributed by atoms with Crippen LogP contribution >= 0.6 is 0 Å². The molecule has 0 bridgehead atoms. The lowest BCUT2D eigenvalue weighted by molar-refractivity contribution is -0.105. The summed E-state index contributed by atoms with van der Waals surface area (Å²) < 4.78 is 28.8. The van der Waals surface area contributed by atoms with Crippen LogP contribution < -0.4 is 0 Å². The van der Waals surface area contributed by atoms with Crippen molar-refractivity contribution in [1.29, 1.82) is 0 Å². The van der Waals surface area contributed by atoms with Crippen LogP contribution in [-0.4, -0.2) is 70.7 Å². The number of alkyl halides is 1. The monoisotopic (exact) mass is 540 g/mol. The SMILES string of the molecule is Cc1cccc([C@H]2CN([C@H](CC3CCC3)C(O)O)C[C@@H]2CN2CCC(F)(CCCc3ccc(F)cc3)CC2)c1. The number of piperidine rings is 1. The second-order valence-electron chi connectivity index (χ2n) is 12.7. The molecule has 4 nitrogen and oxygen atoms in total. The first-order chi connectivity index (χ1) is 18.8. The van der Waals surface area contributed by atoms with E-state index in [0.29, 0.717) is 37.0 Å². The van der Waals surface area contributed by atoms with E-state index in [1.807, 2.05) is 0 Å². The molecule has 1 saturated carbocycles. The molecule has 0 amide bonds. The largest absolute Gasteiger partial charge is 0.367 e. The molecule has 3 aliphatic rings. The van der Waals surface area contributed by atoms with Gasteiger partial charge >= 0.3 is 0 Å². The van der Waals surface area contributed by atoms with Crippen molar-refractivity contribution >= 4 is 0 Å². The van der Waals surface area contributed by atoms with E-state index in [1.165, 1.54) is 42.5 Å². The molecule has 2 aliphatic heterocycles. The fourth-order valence-corrected chi connectivity index (χ4v) is 7.15. The van der Waals surface area contributed by atoms with Gasteiger partial charge < -0.3 is 15.1 Å². The molecule has 0 unspecified atom stereocenters. The maximum atomic E-state index is 15.7. The molecule has 2 heterocycles. The van der Waals surface area contributed by atoms with E-state index in [4.69, 9.17) is 0 Å². The number of likely N-dealkylation sites (tertiary alicyclic amines) is 2. The van der Waals surface area contributed by atoms with Gasteiger partial charge in [0.15, 0.2) is 6.29 Å². The zero-order chi connectivity index (χ0) is 27.4. The Morgan fingerprint density at radius 1 is 1.03 bits per heavy atom. The van der Waals surface area contributed by atoms with E-state index in [-0.39, 0.29) is 11.9 Å². The standard InChI is InChI=1S/C33H46F2N2O2/c1-24-5-2-9-27(19-24)30-23-37(31(32(38)39)20-26-6-3-7-26)22-28(30)21-36-17-15-33(35,16-18-36)14-4-8-25-10-12-29(34)13-11-25/h2,5,9-13,19,26,28,30-32,38-39H,3-4,6-8,14-18,20-23H2,1H3/t28-,30+,31+/m0/s1. The third-order valence-electron chi connectivity index (χ3n) is 9.80. The predicted molar refractivity (Wildman–Crippen MR) is 152 cm³/mol. The maximum absolute atomic E-state index is 15.7. The molecule has 3 atom stereocenters. The average molecular weight is 541 g/mol. The molecule has 2 aromatic rings. The lowest BCUT2D eigenvalue weighted by Crippen LogP contribution is -2.46. The lowest BCUT2D eigenvalue weighted by atomic mass is 9.80. The highest BCUT2D eigenvalue weighted by Crippen LogP contribution is 2.40. The van der Waals surface area contributed by atoms with Gasteiger partial charge in [0.1, 0.15) is 11.5 Å². The van der Waals surface area contributed by atoms with E-state index in [1.54, 1.807) is 12.1 Å². The van der Waals surface area contributed by atoms with Crippen molar-refractivity contribution in [2.45, 2.75) is 88.6 Å². The minimum absolute atomic E-state index is 0.214. The van der Waals surface area contributed by atoms with Gasteiger partial charge in [0.05, 0.1) is 6.04 Å². The highest BCUT2D eigenvalue weighted by Gasteiger charge is 2.42. The lowest BCUT2D eigenvalue weighted by Gasteiger charge is -2.38. The molecule has 2 N–H and O–H groups in total. The maximum Gasteiger partial charge on any atom is 0.167 e. The fourth-order valence-electron chi connectivity index (χ4n) is 7.15. The number of hydrogen-bond acceptors (Lipinski definition) is 4. The number of aryl methyl sites for hydroxylation is 2. The summed E-state index contributed by atoms with van der Waals surface area (Å²) >= 11 is 0. The number of halogens is 2. The molecular formula is C33H46F2N2O2. The fraction of sp³-hybridized carbons (Fsp3) is 0.636. The van der Waals surface area contributed by atoms with Crippen LogP contribution in [0, 0.1) is 24.6 Å². The Kier molecular flexibility index (Phi) is 9.38. The van der Waals surface area contributed by atoms with Crippen molar-refractivity contribution in [3.8, 4) is 0 Å². The zero-order valence-electron chi connectivity index (χ0n) is 23.4. The molecule has 39 heavy (non-hydrogen) atoms. The molecule has 2 aromatic carbocycles. The van der Waals surface area contributed by atoms with Crippen LogP contribution in [0.2, 0.25) is 0 Å². The molecule has 0 spiro atoms. The van der Waals surface area contributed by atoms with E-state index >= 15 is 4.39 Å². The van der Waals surface area contributed by atoms with E-state index in [0.717, 1.165) is 57.5 Å². The van der Waals surface area contributed by atoms with Gasteiger partial charge in [-0.3, -0.25) is 4.90 Å². The van der Waals surface area contributed by atoms with E-state index in [9.17, 15) is 14.6 Å². The van der Waals surface area contributed by atoms with Crippen molar-refractivity contribution < 1.29 is 19.0 Å². The highest BCUT2D eigenvalue weighted by molar-refractivity contribution is 5.28. The first kappa shape index (κ1) is 28.7. The van der Waals surface area contributed by atoms with Crippen LogP contribution in [-0.2, 0) is 6.42 Å². The van der Waals surface area contributed by atoms with Gasteiger partial charge in [-0.2, -0.15) is 0 Å². The summed E-state index contributed by atoms with van der Waals surface area (Å²) in [7, 11) is 0. The number of aliphatic hydroxyl groups is 2. The first-order valence-electron chi connectivity index (χ1n) is 15.1. The number of nitrogens with zero attached hydrogens (tertiary/aromatic N) is 2. The third kappa shape index (κ3) is 7.46. The summed E-state index contributed by atoms with van der Waals surface area (Å²) in [6.07, 6.45) is 6.42. The molecule has 2 saturated heterocycles. The summed E-state index contributed by atoms with van der Waals surface area (Å²) in [4.78, 5) is 4.77. The van der Waals surface area contributed by atoms with Crippen LogP contribution in [0.3, 0.4) is 0 Å². The van der Waals surface area contributed by atoms with Gasteiger partial charge in [-0.15, -0.1) is 0 Å². The van der Waals surface area contributed by atoms with Gasteiger partial charge in [0.25, 0.3) is 0 Å². The number of aliphatic hydroxyl groups excluding tert-OH is 1. The Bertz CT molecular complexity index is 1050. The van der Waals surface area contributed by atoms with Crippen molar-refractivity contribution in [1.82, 2.24) is 9.80 Å². The first-order valence-corrected chi connectivity index (χ1v) is 15.1. The smallest absolute Gasteiger partial charge is 0.167 e. The summed E-state index contributed by atoms with van der Waals surface area (Å²) in [6, 6.07) is 15.1. The number of rotatable bonds is 11. The summed E-state index contributed by atoms with van der Waals surface area (Å²) in [5.74, 6) is 1.08. The number of benzene rings is 2. The minimum atomic E-state index is -1.32. The Morgan fingerprint density at radius 2 is 1.77 bits per heavy atom. The van der Waals surface area contributed by atoms with Crippen LogP contribution in [0.1, 0.15) is 74.0 Å². The Hall–Kier alpha value is -1.86. The van der Waals surface area contributed by atoms with Gasteiger partial charge in [0, 0.05) is 38.6 Å². The predicted octanol–water partition coefficient (Wildman–Crippen LogP) is 5.85. The molecular weight excluding hydrogens is 494 g/mol. The second kappa shape index (κ2) is 12.8. The van der Waals surface area contributed by atoms with Crippen LogP contribution in [0.5, 0.6) is 0 Å². The molecule has 3 fully saturated rings. The van der Waals surface area contributed by atoms with Gasteiger partial charge in [-0.25, -0.2) is 8.78 Å². The third-order valence-corrected chi connectivity index (χ3v) is 9.80. The molecule has 1 aliphatic carbocycles. The van der Waals surface area contributed by atoms with Crippen molar-refractivity contribution in [3.05, 3.63) is 71.0 Å². The zero-order valence-corrected chi connectivity index (χ0v) is 23.4. The molecule has 0 aromatic heterocycles. The van der Waals surface area contributed by atoms with Crippen LogP contribution in [0.15, 0.2) is 48.5 Å². The Morgan fingerprint density at radius 3 is 2.41 bits per heavy atom. The van der Waals surface area contributed by atoms with Gasteiger partial charge in [-0.05, 0) is 80.5 Å². The quantitative estimate of drug-likeness (QED) is 0.351. The highest BCUT2D eigenvalue weighted by atomic mass is 19.1. The van der Waals surface area contributed by atoms with Gasteiger partial charge in [-0.1, -0.05) is 61.2 Å². The van der Waals surface area contributed by atoms with Crippen LogP contribution in [0.25, 0.3) is 0 Å². The van der Waals surface area contributed by atoms with Gasteiger partial charge in [0.2, 0.25) is 0 Å². The van der Waals surface area contributed by atoms with E-state index < -0.39 is 12.0 Å².